The van der Waals surface area contributed by atoms with E-state index in [2.05, 4.69) is 49.9 Å². The first-order chi connectivity index (χ1) is 15.7. The Morgan fingerprint density at radius 3 is 2.45 bits per heavy atom. The minimum Gasteiger partial charge on any atom is -0.356 e. The minimum absolute atomic E-state index is 0.0681. The van der Waals surface area contributed by atoms with E-state index in [4.69, 9.17) is 9.97 Å². The summed E-state index contributed by atoms with van der Waals surface area (Å²) in [5.41, 5.74) is 2.78. The first kappa shape index (κ1) is 23.5. The fourth-order valence-corrected chi connectivity index (χ4v) is 4.72. The van der Waals surface area contributed by atoms with E-state index in [-0.39, 0.29) is 11.3 Å². The second-order valence-corrected chi connectivity index (χ2v) is 11.4. The molecule has 0 saturated carbocycles. The van der Waals surface area contributed by atoms with E-state index in [9.17, 15) is 4.79 Å². The zero-order valence-corrected chi connectivity index (χ0v) is 21.1. The summed E-state index contributed by atoms with van der Waals surface area (Å²) in [6.45, 7) is 13.9. The summed E-state index contributed by atoms with van der Waals surface area (Å²) in [6.07, 6.45) is 4.24. The lowest BCUT2D eigenvalue weighted by Crippen LogP contribution is -2.27. The Kier molecular flexibility index (Phi) is 6.93. The second kappa shape index (κ2) is 9.71. The molecule has 1 amide bonds. The number of anilines is 1. The van der Waals surface area contributed by atoms with Crippen LogP contribution in [0.2, 0.25) is 0 Å². The molecule has 8 heteroatoms. The van der Waals surface area contributed by atoms with Gasteiger partial charge in [-0.2, -0.15) is 5.10 Å². The van der Waals surface area contributed by atoms with Crippen molar-refractivity contribution in [2.75, 3.05) is 24.5 Å². The summed E-state index contributed by atoms with van der Waals surface area (Å²) in [6, 6.07) is 7.84. The molecule has 1 saturated heterocycles. The van der Waals surface area contributed by atoms with Gasteiger partial charge in [0.25, 0.3) is 5.91 Å². The highest BCUT2D eigenvalue weighted by molar-refractivity contribution is 7.99. The molecule has 2 aromatic heterocycles. The van der Waals surface area contributed by atoms with Crippen molar-refractivity contribution in [2.45, 2.75) is 69.8 Å². The molecule has 1 aliphatic rings. The molecule has 0 radical (unpaired) electrons. The molecule has 1 fully saturated rings. The van der Waals surface area contributed by atoms with Crippen LogP contribution in [0.3, 0.4) is 0 Å². The van der Waals surface area contributed by atoms with Crippen LogP contribution < -0.4 is 10.2 Å². The van der Waals surface area contributed by atoms with Gasteiger partial charge in [0.05, 0.1) is 18.1 Å². The highest BCUT2D eigenvalue weighted by Crippen LogP contribution is 2.30. The molecule has 4 rings (SSSR count). The van der Waals surface area contributed by atoms with Gasteiger partial charge in [-0.3, -0.25) is 4.79 Å². The predicted molar refractivity (Wildman–Crippen MR) is 135 cm³/mol. The molecule has 33 heavy (non-hydrogen) atoms. The average molecular weight is 467 g/mol. The van der Waals surface area contributed by atoms with Gasteiger partial charge in [0.2, 0.25) is 0 Å². The van der Waals surface area contributed by atoms with E-state index in [1.807, 2.05) is 35.1 Å². The summed E-state index contributed by atoms with van der Waals surface area (Å²) in [4.78, 5) is 24.6. The Morgan fingerprint density at radius 1 is 1.12 bits per heavy atom. The third kappa shape index (κ3) is 5.49. The lowest BCUT2D eigenvalue weighted by Gasteiger charge is -2.19. The summed E-state index contributed by atoms with van der Waals surface area (Å²) < 4.78 is 1.88. The maximum atomic E-state index is 12.6. The molecule has 0 atom stereocenters. The monoisotopic (exact) mass is 466 g/mol. The number of hydrogen-bond donors (Lipinski definition) is 1. The van der Waals surface area contributed by atoms with Gasteiger partial charge in [-0.1, -0.05) is 58.5 Å². The van der Waals surface area contributed by atoms with Crippen LogP contribution in [0.5, 0.6) is 0 Å². The molecule has 1 aromatic carbocycles. The highest BCUT2D eigenvalue weighted by Gasteiger charge is 2.21. The Bertz CT molecular complexity index is 1110. The standard InChI is InChI=1S/C25H34N6OS/c1-17(2)33-24-28-21(30-13-6-7-14-30)20-16-27-31(22(20)29-24)15-12-26-23(32)18-8-10-19(11-9-18)25(3,4)5/h8-11,16-17H,6-7,12-15H2,1-5H3,(H,26,32). The molecule has 7 nitrogen and oxygen atoms in total. The summed E-state index contributed by atoms with van der Waals surface area (Å²) in [7, 11) is 0. The number of carbonyl (C=O) groups excluding carboxylic acids is 1. The summed E-state index contributed by atoms with van der Waals surface area (Å²) in [5, 5.41) is 9.76. The van der Waals surface area contributed by atoms with Crippen LogP contribution in [0.1, 0.15) is 63.4 Å². The zero-order chi connectivity index (χ0) is 23.6. The van der Waals surface area contributed by atoms with Crippen LogP contribution in [-0.4, -0.2) is 50.5 Å². The van der Waals surface area contributed by atoms with Crippen molar-refractivity contribution in [1.82, 2.24) is 25.1 Å². The Labute approximate surface area is 200 Å². The smallest absolute Gasteiger partial charge is 0.251 e. The Hall–Kier alpha value is -2.61. The molecule has 1 aliphatic heterocycles. The number of amides is 1. The third-order valence-electron chi connectivity index (χ3n) is 5.82. The van der Waals surface area contributed by atoms with E-state index < -0.39 is 0 Å². The number of fused-ring (bicyclic) bond motifs is 1. The van der Waals surface area contributed by atoms with Crippen LogP contribution in [0.15, 0.2) is 35.6 Å². The van der Waals surface area contributed by atoms with Gasteiger partial charge < -0.3 is 10.2 Å². The normalized spacial score (nSPS) is 14.4. The van der Waals surface area contributed by atoms with Crippen LogP contribution in [0.4, 0.5) is 5.82 Å². The molecule has 0 bridgehead atoms. The van der Waals surface area contributed by atoms with Crippen molar-refractivity contribution in [1.29, 1.82) is 0 Å². The van der Waals surface area contributed by atoms with Crippen molar-refractivity contribution in [2.24, 2.45) is 0 Å². The molecule has 176 valence electrons. The number of aromatic nitrogens is 4. The van der Waals surface area contributed by atoms with Gasteiger partial charge in [0.15, 0.2) is 10.8 Å². The molecular weight excluding hydrogens is 432 g/mol. The average Bonchev–Trinajstić information content (AvgIpc) is 3.43. The van der Waals surface area contributed by atoms with Crippen LogP contribution in [0, 0.1) is 0 Å². The molecule has 3 heterocycles. The number of nitrogens with one attached hydrogen (secondary N) is 1. The van der Waals surface area contributed by atoms with E-state index in [0.717, 1.165) is 35.1 Å². The van der Waals surface area contributed by atoms with E-state index in [1.54, 1.807) is 11.8 Å². The van der Waals surface area contributed by atoms with Gasteiger partial charge >= 0.3 is 0 Å². The molecule has 0 unspecified atom stereocenters. The first-order valence-corrected chi connectivity index (χ1v) is 12.6. The zero-order valence-electron chi connectivity index (χ0n) is 20.3. The van der Waals surface area contributed by atoms with Gasteiger partial charge in [0.1, 0.15) is 5.82 Å². The molecule has 0 spiro atoms. The number of rotatable bonds is 7. The SMILES string of the molecule is CC(C)Sc1nc(N2CCCC2)c2cnn(CCNC(=O)c3ccc(C(C)(C)C)cc3)c2n1. The highest BCUT2D eigenvalue weighted by atomic mass is 32.2. The van der Waals surface area contributed by atoms with Crippen LogP contribution >= 0.6 is 11.8 Å². The molecule has 3 aromatic rings. The number of nitrogens with zero attached hydrogens (tertiary/aromatic N) is 5. The van der Waals surface area contributed by atoms with Crippen molar-refractivity contribution in [3.63, 3.8) is 0 Å². The fourth-order valence-electron chi connectivity index (χ4n) is 4.02. The van der Waals surface area contributed by atoms with Crippen molar-refractivity contribution < 1.29 is 4.79 Å². The predicted octanol–water partition coefficient (Wildman–Crippen LogP) is 4.65. The summed E-state index contributed by atoms with van der Waals surface area (Å²) in [5.74, 6) is 0.908. The largest absolute Gasteiger partial charge is 0.356 e. The van der Waals surface area contributed by atoms with Gasteiger partial charge in [-0.15, -0.1) is 0 Å². The van der Waals surface area contributed by atoms with E-state index in [1.165, 1.54) is 18.4 Å². The van der Waals surface area contributed by atoms with Gasteiger partial charge in [-0.05, 0) is 36.0 Å². The van der Waals surface area contributed by atoms with Crippen molar-refractivity contribution in [3.05, 3.63) is 41.6 Å². The quantitative estimate of drug-likeness (QED) is 0.403. The van der Waals surface area contributed by atoms with Crippen LogP contribution in [-0.2, 0) is 12.0 Å². The van der Waals surface area contributed by atoms with Gasteiger partial charge in [-0.25, -0.2) is 14.6 Å². The number of hydrogen-bond acceptors (Lipinski definition) is 6. The number of thioether (sulfide) groups is 1. The maximum Gasteiger partial charge on any atom is 0.251 e. The molecule has 1 N–H and O–H groups in total. The van der Waals surface area contributed by atoms with Crippen LogP contribution in [0.25, 0.3) is 11.0 Å². The second-order valence-electron chi connectivity index (χ2n) is 9.88. The Balaban J connectivity index is 1.48. The minimum atomic E-state index is -0.0737. The number of benzene rings is 1. The first-order valence-electron chi connectivity index (χ1n) is 11.8. The van der Waals surface area contributed by atoms with E-state index in [0.29, 0.717) is 23.9 Å². The molecular formula is C25H34N6OS. The van der Waals surface area contributed by atoms with Crippen molar-refractivity contribution >= 4 is 34.5 Å². The lowest BCUT2D eigenvalue weighted by atomic mass is 9.87. The number of carbonyl (C=O) groups is 1. The van der Waals surface area contributed by atoms with E-state index >= 15 is 0 Å². The van der Waals surface area contributed by atoms with Gasteiger partial charge in [0, 0.05) is 30.4 Å². The third-order valence-corrected chi connectivity index (χ3v) is 6.69. The lowest BCUT2D eigenvalue weighted by molar-refractivity contribution is 0.0952. The maximum absolute atomic E-state index is 12.6. The summed E-state index contributed by atoms with van der Waals surface area (Å²) >= 11 is 1.67. The Morgan fingerprint density at radius 2 is 1.82 bits per heavy atom. The topological polar surface area (TPSA) is 75.9 Å². The molecule has 0 aliphatic carbocycles. The fraction of sp³-hybridized carbons (Fsp3) is 0.520. The van der Waals surface area contributed by atoms with Crippen molar-refractivity contribution in [3.8, 4) is 0 Å².